The van der Waals surface area contributed by atoms with Crippen molar-refractivity contribution in [1.29, 1.82) is 0 Å². The van der Waals surface area contributed by atoms with Crippen LogP contribution < -0.4 is 5.32 Å². The summed E-state index contributed by atoms with van der Waals surface area (Å²) in [5, 5.41) is 15.6. The van der Waals surface area contributed by atoms with Crippen LogP contribution in [-0.2, 0) is 4.79 Å². The van der Waals surface area contributed by atoms with Gasteiger partial charge in [0.05, 0.1) is 6.04 Å². The van der Waals surface area contributed by atoms with Crippen molar-refractivity contribution in [3.8, 4) is 0 Å². The molecule has 2 amide bonds. The van der Waals surface area contributed by atoms with Gasteiger partial charge in [-0.2, -0.15) is 5.10 Å². The highest BCUT2D eigenvalue weighted by molar-refractivity contribution is 5.85. The van der Waals surface area contributed by atoms with E-state index < -0.39 is 12.1 Å². The van der Waals surface area contributed by atoms with Crippen LogP contribution in [0.1, 0.15) is 12.5 Å². The quantitative estimate of drug-likeness (QED) is 0.754. The second-order valence-electron chi connectivity index (χ2n) is 3.94. The first-order chi connectivity index (χ1) is 8.13. The number of likely N-dealkylation sites (tertiary alicyclic amines) is 1. The molecule has 2 atom stereocenters. The van der Waals surface area contributed by atoms with E-state index in [1.165, 1.54) is 7.05 Å². The van der Waals surface area contributed by atoms with Gasteiger partial charge in [0, 0.05) is 32.4 Å². The summed E-state index contributed by atoms with van der Waals surface area (Å²) in [6.07, 6.45) is 2.79. The predicted molar refractivity (Wildman–Crippen MR) is 58.5 cm³/mol. The van der Waals surface area contributed by atoms with E-state index in [1.54, 1.807) is 23.1 Å². The number of hydrogen-bond acceptors (Lipinski definition) is 3. The van der Waals surface area contributed by atoms with Crippen molar-refractivity contribution >= 4 is 12.0 Å². The van der Waals surface area contributed by atoms with Gasteiger partial charge in [-0.05, 0) is 6.07 Å². The molecule has 0 radical (unpaired) electrons. The maximum atomic E-state index is 11.6. The van der Waals surface area contributed by atoms with Gasteiger partial charge in [0.2, 0.25) is 5.91 Å². The second kappa shape index (κ2) is 4.44. The van der Waals surface area contributed by atoms with Gasteiger partial charge < -0.3 is 10.4 Å². The van der Waals surface area contributed by atoms with Gasteiger partial charge in [0.1, 0.15) is 6.04 Å². The van der Waals surface area contributed by atoms with Crippen LogP contribution in [0, 0.1) is 0 Å². The summed E-state index contributed by atoms with van der Waals surface area (Å²) in [7, 11) is 1.50. The molecule has 1 fully saturated rings. The largest absolute Gasteiger partial charge is 0.465 e. The molecule has 1 aliphatic heterocycles. The molecule has 2 rings (SSSR count). The zero-order valence-corrected chi connectivity index (χ0v) is 9.41. The normalized spacial score (nSPS) is 23.7. The fraction of sp³-hybridized carbons (Fsp3) is 0.500. The van der Waals surface area contributed by atoms with Gasteiger partial charge in [-0.25, -0.2) is 4.79 Å². The molecule has 7 heteroatoms. The predicted octanol–water partition coefficient (Wildman–Crippen LogP) is -0.0775. The van der Waals surface area contributed by atoms with Crippen LogP contribution in [0.2, 0.25) is 0 Å². The third kappa shape index (κ3) is 2.08. The van der Waals surface area contributed by atoms with Crippen molar-refractivity contribution in [2.24, 2.45) is 0 Å². The van der Waals surface area contributed by atoms with Crippen LogP contribution in [0.5, 0.6) is 0 Å². The second-order valence-corrected chi connectivity index (χ2v) is 3.94. The number of amides is 2. The molecule has 2 N–H and O–H groups in total. The number of likely N-dealkylation sites (N-methyl/N-ethyl adjacent to an activating group) is 1. The summed E-state index contributed by atoms with van der Waals surface area (Å²) in [6, 6.07) is 1.06. The summed E-state index contributed by atoms with van der Waals surface area (Å²) < 4.78 is 1.69. The van der Waals surface area contributed by atoms with Crippen molar-refractivity contribution < 1.29 is 14.7 Å². The average Bonchev–Trinajstić information content (AvgIpc) is 2.95. The Morgan fingerprint density at radius 3 is 2.82 bits per heavy atom. The molecule has 0 spiro atoms. The summed E-state index contributed by atoms with van der Waals surface area (Å²) in [4.78, 5) is 23.8. The molecule has 92 valence electrons. The lowest BCUT2D eigenvalue weighted by molar-refractivity contribution is -0.124. The molecular weight excluding hydrogens is 224 g/mol. The Balaban J connectivity index is 2.17. The van der Waals surface area contributed by atoms with Crippen molar-refractivity contribution in [2.45, 2.75) is 18.5 Å². The van der Waals surface area contributed by atoms with Crippen molar-refractivity contribution in [2.75, 3.05) is 13.6 Å². The molecular formula is C10H14N4O3. The summed E-state index contributed by atoms with van der Waals surface area (Å²) in [5.41, 5.74) is 0. The van der Waals surface area contributed by atoms with Gasteiger partial charge >= 0.3 is 6.09 Å². The molecule has 2 heterocycles. The van der Waals surface area contributed by atoms with Crippen molar-refractivity contribution in [3.63, 3.8) is 0 Å². The van der Waals surface area contributed by atoms with E-state index in [-0.39, 0.29) is 18.5 Å². The van der Waals surface area contributed by atoms with E-state index in [9.17, 15) is 9.59 Å². The van der Waals surface area contributed by atoms with Gasteiger partial charge in [-0.1, -0.05) is 0 Å². The number of carbonyl (C=O) groups excluding carboxylic acids is 1. The monoisotopic (exact) mass is 238 g/mol. The van der Waals surface area contributed by atoms with Crippen molar-refractivity contribution in [3.05, 3.63) is 18.5 Å². The number of nitrogens with one attached hydrogen (secondary N) is 1. The minimum atomic E-state index is -1.08. The highest BCUT2D eigenvalue weighted by atomic mass is 16.4. The van der Waals surface area contributed by atoms with Crippen LogP contribution in [0.4, 0.5) is 4.79 Å². The van der Waals surface area contributed by atoms with Gasteiger partial charge in [0.25, 0.3) is 0 Å². The fourth-order valence-corrected chi connectivity index (χ4v) is 2.13. The van der Waals surface area contributed by atoms with Gasteiger partial charge in [-0.15, -0.1) is 0 Å². The number of rotatable bonds is 2. The number of hydrogen-bond donors (Lipinski definition) is 2. The SMILES string of the molecule is CNC(=O)[C@H]1C[C@H](n2cccn2)CN1C(=O)O. The Labute approximate surface area is 98.0 Å². The molecule has 0 bridgehead atoms. The number of carboxylic acid groups (broad SMARTS) is 1. The van der Waals surface area contributed by atoms with Crippen LogP contribution >= 0.6 is 0 Å². The molecule has 17 heavy (non-hydrogen) atoms. The zero-order chi connectivity index (χ0) is 12.4. The third-order valence-corrected chi connectivity index (χ3v) is 2.97. The smallest absolute Gasteiger partial charge is 0.408 e. The van der Waals surface area contributed by atoms with Crippen LogP contribution in [0.3, 0.4) is 0 Å². The maximum Gasteiger partial charge on any atom is 0.408 e. The fourth-order valence-electron chi connectivity index (χ4n) is 2.13. The Morgan fingerprint density at radius 2 is 2.29 bits per heavy atom. The van der Waals surface area contributed by atoms with E-state index in [1.807, 2.05) is 0 Å². The first kappa shape index (κ1) is 11.4. The molecule has 0 unspecified atom stereocenters. The Bertz CT molecular complexity index is 417. The average molecular weight is 238 g/mol. The Morgan fingerprint density at radius 1 is 1.53 bits per heavy atom. The highest BCUT2D eigenvalue weighted by Crippen LogP contribution is 2.26. The molecule has 1 aromatic rings. The molecule has 0 saturated carbocycles. The minimum absolute atomic E-state index is 0.0802. The van der Waals surface area contributed by atoms with E-state index in [0.29, 0.717) is 6.42 Å². The van der Waals surface area contributed by atoms with Gasteiger partial charge in [-0.3, -0.25) is 14.4 Å². The number of aromatic nitrogens is 2. The molecule has 1 aliphatic rings. The van der Waals surface area contributed by atoms with Crippen LogP contribution in [0.15, 0.2) is 18.5 Å². The molecule has 0 aromatic carbocycles. The zero-order valence-electron chi connectivity index (χ0n) is 9.41. The lowest BCUT2D eigenvalue weighted by Crippen LogP contribution is -2.44. The highest BCUT2D eigenvalue weighted by Gasteiger charge is 2.40. The van der Waals surface area contributed by atoms with E-state index >= 15 is 0 Å². The molecule has 1 aromatic heterocycles. The van der Waals surface area contributed by atoms with E-state index in [0.717, 1.165) is 4.90 Å². The lowest BCUT2D eigenvalue weighted by Gasteiger charge is -2.19. The number of carbonyl (C=O) groups is 2. The molecule has 0 aliphatic carbocycles. The standard InChI is InChI=1S/C10H14N4O3/c1-11-9(15)8-5-7(6-13(8)10(16)17)14-4-2-3-12-14/h2-4,7-8H,5-6H2,1H3,(H,11,15)(H,16,17)/t7-,8+/m0/s1. The summed E-state index contributed by atoms with van der Waals surface area (Å²) in [6.45, 7) is 0.287. The Hall–Kier alpha value is -2.05. The van der Waals surface area contributed by atoms with Crippen LogP contribution in [-0.4, -0.2) is 51.4 Å². The molecule has 7 nitrogen and oxygen atoms in total. The summed E-state index contributed by atoms with van der Waals surface area (Å²) >= 11 is 0. The first-order valence-electron chi connectivity index (χ1n) is 5.33. The van der Waals surface area contributed by atoms with E-state index in [2.05, 4.69) is 10.4 Å². The number of nitrogens with zero attached hydrogens (tertiary/aromatic N) is 3. The Kier molecular flexibility index (Phi) is 2.99. The molecule has 1 saturated heterocycles. The van der Waals surface area contributed by atoms with Crippen LogP contribution in [0.25, 0.3) is 0 Å². The minimum Gasteiger partial charge on any atom is -0.465 e. The summed E-state index contributed by atoms with van der Waals surface area (Å²) in [5.74, 6) is -0.276. The maximum absolute atomic E-state index is 11.6. The first-order valence-corrected chi connectivity index (χ1v) is 5.33. The van der Waals surface area contributed by atoms with E-state index in [4.69, 9.17) is 5.11 Å². The topological polar surface area (TPSA) is 87.5 Å². The third-order valence-electron chi connectivity index (χ3n) is 2.97. The van der Waals surface area contributed by atoms with Gasteiger partial charge in [0.15, 0.2) is 0 Å². The van der Waals surface area contributed by atoms with Crippen molar-refractivity contribution in [1.82, 2.24) is 20.0 Å². The lowest BCUT2D eigenvalue weighted by atomic mass is 10.1.